The highest BCUT2D eigenvalue weighted by Crippen LogP contribution is 2.32. The minimum Gasteiger partial charge on any atom is -0.342 e. The molecule has 3 aliphatic rings. The summed E-state index contributed by atoms with van der Waals surface area (Å²) in [4.78, 5) is 26.9. The van der Waals surface area contributed by atoms with Crippen molar-refractivity contribution < 1.29 is 9.59 Å². The summed E-state index contributed by atoms with van der Waals surface area (Å²) in [7, 11) is 0. The molecule has 21 heavy (non-hydrogen) atoms. The summed E-state index contributed by atoms with van der Waals surface area (Å²) in [5.74, 6) is 0.222. The lowest BCUT2D eigenvalue weighted by molar-refractivity contribution is -0.140. The van der Waals surface area contributed by atoms with E-state index >= 15 is 0 Å². The molecule has 0 aromatic heterocycles. The number of amides is 2. The Labute approximate surface area is 127 Å². The minimum absolute atomic E-state index is 0.0489. The van der Waals surface area contributed by atoms with Gasteiger partial charge in [-0.3, -0.25) is 9.59 Å². The van der Waals surface area contributed by atoms with Crippen molar-refractivity contribution in [3.8, 4) is 0 Å². The third-order valence-electron chi connectivity index (χ3n) is 5.23. The van der Waals surface area contributed by atoms with E-state index in [-0.39, 0.29) is 11.8 Å². The van der Waals surface area contributed by atoms with Crippen LogP contribution in [-0.2, 0) is 9.59 Å². The van der Waals surface area contributed by atoms with Gasteiger partial charge >= 0.3 is 0 Å². The zero-order valence-corrected chi connectivity index (χ0v) is 12.8. The van der Waals surface area contributed by atoms with Gasteiger partial charge in [0, 0.05) is 19.5 Å². The molecule has 2 aliphatic carbocycles. The van der Waals surface area contributed by atoms with Crippen LogP contribution in [0.15, 0.2) is 11.6 Å². The van der Waals surface area contributed by atoms with Crippen LogP contribution >= 0.6 is 0 Å². The Bertz CT molecular complexity index is 450. The average molecular weight is 290 g/mol. The van der Waals surface area contributed by atoms with Gasteiger partial charge in [-0.05, 0) is 38.5 Å². The number of hydrogen-bond donors (Lipinski definition) is 1. The highest BCUT2D eigenvalue weighted by Gasteiger charge is 2.44. The number of rotatable bonds is 3. The molecule has 2 amide bonds. The first-order chi connectivity index (χ1) is 10.2. The number of carbonyl (C=O) groups excluding carboxylic acids is 2. The topological polar surface area (TPSA) is 49.4 Å². The maximum absolute atomic E-state index is 13.0. The number of hydrogen-bond acceptors (Lipinski definition) is 2. The summed E-state index contributed by atoms with van der Waals surface area (Å²) in [6.45, 7) is 1.36. The quantitative estimate of drug-likeness (QED) is 0.812. The molecule has 1 saturated carbocycles. The average Bonchev–Trinajstić information content (AvgIpc) is 2.97. The highest BCUT2D eigenvalue weighted by molar-refractivity contribution is 5.93. The second-order valence-electron chi connectivity index (χ2n) is 6.74. The summed E-state index contributed by atoms with van der Waals surface area (Å²) in [5, 5.41) is 3.06. The van der Waals surface area contributed by atoms with Crippen molar-refractivity contribution in [1.82, 2.24) is 10.2 Å². The second-order valence-corrected chi connectivity index (χ2v) is 6.74. The molecule has 4 nitrogen and oxygen atoms in total. The predicted octanol–water partition coefficient (Wildman–Crippen LogP) is 2.54. The summed E-state index contributed by atoms with van der Waals surface area (Å²) >= 11 is 0. The van der Waals surface area contributed by atoms with Gasteiger partial charge in [0.25, 0.3) is 0 Å². The Morgan fingerprint density at radius 3 is 2.62 bits per heavy atom. The molecule has 0 aromatic carbocycles. The fourth-order valence-electron chi connectivity index (χ4n) is 3.97. The van der Waals surface area contributed by atoms with Crippen LogP contribution in [0.1, 0.15) is 64.2 Å². The predicted molar refractivity (Wildman–Crippen MR) is 81.7 cm³/mol. The largest absolute Gasteiger partial charge is 0.342 e. The molecule has 0 bridgehead atoms. The molecular weight excluding hydrogens is 264 g/mol. The van der Waals surface area contributed by atoms with Crippen LogP contribution in [0, 0.1) is 0 Å². The third kappa shape index (κ3) is 3.14. The SMILES string of the molecule is O=C1CCN(CCC2=CCCC2)C(=O)C2(CCCCC2)N1. The van der Waals surface area contributed by atoms with Crippen molar-refractivity contribution in [3.05, 3.63) is 11.6 Å². The Morgan fingerprint density at radius 2 is 1.90 bits per heavy atom. The van der Waals surface area contributed by atoms with E-state index in [2.05, 4.69) is 11.4 Å². The molecule has 4 heteroatoms. The van der Waals surface area contributed by atoms with Crippen LogP contribution in [-0.4, -0.2) is 35.3 Å². The fourth-order valence-corrected chi connectivity index (χ4v) is 3.97. The van der Waals surface area contributed by atoms with E-state index in [1.807, 2.05) is 4.90 Å². The van der Waals surface area contributed by atoms with E-state index in [9.17, 15) is 9.59 Å². The van der Waals surface area contributed by atoms with Gasteiger partial charge < -0.3 is 10.2 Å². The van der Waals surface area contributed by atoms with Crippen LogP contribution in [0.4, 0.5) is 0 Å². The van der Waals surface area contributed by atoms with E-state index in [0.29, 0.717) is 13.0 Å². The van der Waals surface area contributed by atoms with Crippen LogP contribution in [0.2, 0.25) is 0 Å². The van der Waals surface area contributed by atoms with Crippen LogP contribution in [0.5, 0.6) is 0 Å². The van der Waals surface area contributed by atoms with Gasteiger partial charge in [0.15, 0.2) is 0 Å². The first kappa shape index (κ1) is 14.6. The molecule has 1 saturated heterocycles. The Morgan fingerprint density at radius 1 is 1.10 bits per heavy atom. The molecule has 3 rings (SSSR count). The molecule has 1 spiro atoms. The minimum atomic E-state index is -0.587. The van der Waals surface area contributed by atoms with E-state index in [0.717, 1.165) is 38.6 Å². The molecule has 1 heterocycles. The summed E-state index contributed by atoms with van der Waals surface area (Å²) in [6.07, 6.45) is 12.3. The lowest BCUT2D eigenvalue weighted by Crippen LogP contribution is -2.58. The van der Waals surface area contributed by atoms with Gasteiger partial charge in [0.05, 0.1) is 0 Å². The smallest absolute Gasteiger partial charge is 0.248 e. The van der Waals surface area contributed by atoms with Gasteiger partial charge in [-0.25, -0.2) is 0 Å². The zero-order chi connectivity index (χ0) is 14.7. The molecule has 0 radical (unpaired) electrons. The molecule has 0 unspecified atom stereocenters. The van der Waals surface area contributed by atoms with Crippen LogP contribution in [0.25, 0.3) is 0 Å². The Kier molecular flexibility index (Phi) is 4.32. The zero-order valence-electron chi connectivity index (χ0n) is 12.8. The van der Waals surface area contributed by atoms with Crippen molar-refractivity contribution in [3.63, 3.8) is 0 Å². The maximum Gasteiger partial charge on any atom is 0.248 e. The van der Waals surface area contributed by atoms with Crippen molar-refractivity contribution in [2.75, 3.05) is 13.1 Å². The monoisotopic (exact) mass is 290 g/mol. The number of allylic oxidation sites excluding steroid dienone is 1. The maximum atomic E-state index is 13.0. The van der Waals surface area contributed by atoms with E-state index in [4.69, 9.17) is 0 Å². The Balaban J connectivity index is 1.70. The van der Waals surface area contributed by atoms with Gasteiger partial charge in [-0.15, -0.1) is 0 Å². The first-order valence-electron chi connectivity index (χ1n) is 8.48. The second kappa shape index (κ2) is 6.20. The molecule has 116 valence electrons. The molecule has 0 aromatic rings. The van der Waals surface area contributed by atoms with Crippen molar-refractivity contribution >= 4 is 11.8 Å². The fraction of sp³-hybridized carbons (Fsp3) is 0.765. The number of nitrogens with zero attached hydrogens (tertiary/aromatic N) is 1. The Hall–Kier alpha value is -1.32. The van der Waals surface area contributed by atoms with E-state index in [1.165, 1.54) is 31.3 Å². The normalized spacial score (nSPS) is 25.7. The number of carbonyl (C=O) groups is 2. The lowest BCUT2D eigenvalue weighted by atomic mass is 9.80. The van der Waals surface area contributed by atoms with Crippen molar-refractivity contribution in [2.24, 2.45) is 0 Å². The molecule has 0 atom stereocenters. The molecule has 1 N–H and O–H groups in total. The molecule has 2 fully saturated rings. The standard InChI is InChI=1S/C17H26N2O2/c20-15-9-13-19(12-8-14-6-2-3-7-14)16(21)17(18-15)10-4-1-5-11-17/h6H,1-5,7-13H2,(H,18,20). The van der Waals surface area contributed by atoms with E-state index < -0.39 is 5.54 Å². The van der Waals surface area contributed by atoms with Gasteiger partial charge in [-0.2, -0.15) is 0 Å². The molecule has 1 aliphatic heterocycles. The summed E-state index contributed by atoms with van der Waals surface area (Å²) in [5.41, 5.74) is 0.902. The molecular formula is C17H26N2O2. The summed E-state index contributed by atoms with van der Waals surface area (Å²) < 4.78 is 0. The van der Waals surface area contributed by atoms with Gasteiger partial charge in [-0.1, -0.05) is 30.9 Å². The van der Waals surface area contributed by atoms with Gasteiger partial charge in [0.2, 0.25) is 11.8 Å². The third-order valence-corrected chi connectivity index (χ3v) is 5.23. The number of nitrogens with one attached hydrogen (secondary N) is 1. The van der Waals surface area contributed by atoms with Crippen molar-refractivity contribution in [1.29, 1.82) is 0 Å². The lowest BCUT2D eigenvalue weighted by Gasteiger charge is -2.38. The van der Waals surface area contributed by atoms with Crippen LogP contribution < -0.4 is 5.32 Å². The highest BCUT2D eigenvalue weighted by atomic mass is 16.2. The van der Waals surface area contributed by atoms with Gasteiger partial charge in [0.1, 0.15) is 5.54 Å². The van der Waals surface area contributed by atoms with Crippen LogP contribution in [0.3, 0.4) is 0 Å². The first-order valence-corrected chi connectivity index (χ1v) is 8.48. The summed E-state index contributed by atoms with van der Waals surface area (Å²) in [6, 6.07) is 0. The van der Waals surface area contributed by atoms with E-state index in [1.54, 1.807) is 0 Å². The van der Waals surface area contributed by atoms with Crippen molar-refractivity contribution in [2.45, 2.75) is 69.7 Å².